The lowest BCUT2D eigenvalue weighted by Crippen LogP contribution is -2.16. The first-order valence-electron chi connectivity index (χ1n) is 23.9. The number of rotatable bonds is 7. The number of nitrogens with zero attached hydrogens (tertiary/aromatic N) is 4. The van der Waals surface area contributed by atoms with E-state index in [0.29, 0.717) is 11.6 Å². The first-order chi connectivity index (χ1) is 34.6. The molecule has 0 bridgehead atoms. The SMILES string of the molecule is C1=CC2(c3nc(-c4ccccc4)nc(-c4cccc(-c5cccc(-n6c7ccccc7c7cccc(-c8cccc(-c9cccc%10sc%11ccccc%11c9%10)c8)c76)c5)c4)n3)CC2c2oc3ccccc3c21. The summed E-state index contributed by atoms with van der Waals surface area (Å²) in [7, 11) is 0. The number of para-hydroxylation sites is 3. The minimum Gasteiger partial charge on any atom is -0.460 e. The van der Waals surface area contributed by atoms with Crippen molar-refractivity contribution in [3.8, 4) is 61.8 Å². The molecule has 0 N–H and O–H groups in total. The first kappa shape index (κ1) is 39.3. The van der Waals surface area contributed by atoms with Crippen LogP contribution in [0.5, 0.6) is 0 Å². The van der Waals surface area contributed by atoms with Crippen LogP contribution in [-0.4, -0.2) is 19.5 Å². The number of allylic oxidation sites excluding steroid dienone is 1. The van der Waals surface area contributed by atoms with E-state index in [-0.39, 0.29) is 11.3 Å². The molecule has 9 aromatic carbocycles. The zero-order chi connectivity index (χ0) is 45.9. The number of thiophene rings is 1. The lowest BCUT2D eigenvalue weighted by molar-refractivity contribution is 0.533. The monoisotopic (exact) mass is 912 g/mol. The standard InChI is InChI=1S/C64H40N4OS/c1-2-15-39(16-3-1)61-65-62(67-63(66-61)64-34-33-51-49-24-5-8-30-55(49)69-60(51)53(64)38-64)44-21-10-17-40(35-44)41-18-12-22-45(37-41)68-54-29-7-4-23-48(54)50-28-13-27-47(59(50)68)43-20-11-19-42(36-43)46-26-14-32-57-58(46)52-25-6-9-31-56(52)70-57/h1-37,53H,38H2. The Morgan fingerprint density at radius 2 is 1.10 bits per heavy atom. The molecule has 1 fully saturated rings. The van der Waals surface area contributed by atoms with Gasteiger partial charge in [0.2, 0.25) is 0 Å². The summed E-state index contributed by atoms with van der Waals surface area (Å²) in [4.78, 5) is 15.7. The van der Waals surface area contributed by atoms with Crippen LogP contribution in [0.25, 0.3) is 121 Å². The molecule has 5 nitrogen and oxygen atoms in total. The van der Waals surface area contributed by atoms with E-state index >= 15 is 0 Å². The third-order valence-electron chi connectivity index (χ3n) is 14.8. The molecule has 0 aliphatic heterocycles. The molecule has 70 heavy (non-hydrogen) atoms. The highest BCUT2D eigenvalue weighted by molar-refractivity contribution is 7.25. The van der Waals surface area contributed by atoms with Gasteiger partial charge in [-0.1, -0.05) is 176 Å². The number of hydrogen-bond acceptors (Lipinski definition) is 5. The highest BCUT2D eigenvalue weighted by Gasteiger charge is 2.61. The van der Waals surface area contributed by atoms with Gasteiger partial charge in [-0.25, -0.2) is 15.0 Å². The Balaban J connectivity index is 0.842. The molecule has 4 aromatic heterocycles. The number of fused-ring (bicyclic) bond motifs is 11. The van der Waals surface area contributed by atoms with Gasteiger partial charge in [0.05, 0.1) is 16.4 Å². The van der Waals surface area contributed by atoms with Gasteiger partial charge in [-0.15, -0.1) is 11.3 Å². The second-order valence-corrected chi connectivity index (χ2v) is 19.8. The summed E-state index contributed by atoms with van der Waals surface area (Å²) in [6, 6.07) is 76.2. The molecule has 2 unspecified atom stereocenters. The molecule has 0 saturated heterocycles. The van der Waals surface area contributed by atoms with E-state index in [1.54, 1.807) is 0 Å². The maximum Gasteiger partial charge on any atom is 0.163 e. The van der Waals surface area contributed by atoms with E-state index in [4.69, 9.17) is 19.4 Å². The van der Waals surface area contributed by atoms with Gasteiger partial charge in [0, 0.05) is 70.2 Å². The molecule has 0 amide bonds. The van der Waals surface area contributed by atoms with Crippen LogP contribution < -0.4 is 0 Å². The molecular weight excluding hydrogens is 873 g/mol. The average Bonchev–Trinajstić information content (AvgIpc) is 3.70. The van der Waals surface area contributed by atoms with Gasteiger partial charge in [-0.05, 0) is 82.8 Å². The first-order valence-corrected chi connectivity index (χ1v) is 24.7. The van der Waals surface area contributed by atoms with Crippen LogP contribution in [0.3, 0.4) is 0 Å². The maximum atomic E-state index is 6.52. The summed E-state index contributed by atoms with van der Waals surface area (Å²) in [5.41, 5.74) is 14.1. The van der Waals surface area contributed by atoms with Crippen molar-refractivity contribution >= 4 is 70.4 Å². The Kier molecular flexibility index (Phi) is 8.50. The van der Waals surface area contributed by atoms with Crippen LogP contribution in [0.4, 0.5) is 0 Å². The van der Waals surface area contributed by atoms with Crippen LogP contribution in [-0.2, 0) is 5.41 Å². The van der Waals surface area contributed by atoms with Crippen molar-refractivity contribution in [3.05, 3.63) is 236 Å². The number of aromatic nitrogens is 4. The second kappa shape index (κ2) is 15.1. The predicted molar refractivity (Wildman–Crippen MR) is 289 cm³/mol. The fourth-order valence-electron chi connectivity index (χ4n) is 11.3. The van der Waals surface area contributed by atoms with Crippen LogP contribution >= 0.6 is 11.3 Å². The van der Waals surface area contributed by atoms with Gasteiger partial charge < -0.3 is 8.98 Å². The van der Waals surface area contributed by atoms with Crippen LogP contribution in [0.15, 0.2) is 223 Å². The van der Waals surface area contributed by atoms with E-state index in [1.807, 2.05) is 35.6 Å². The van der Waals surface area contributed by atoms with Crippen molar-refractivity contribution in [2.75, 3.05) is 0 Å². The average molecular weight is 913 g/mol. The Morgan fingerprint density at radius 1 is 0.486 bits per heavy atom. The van der Waals surface area contributed by atoms with Gasteiger partial charge >= 0.3 is 0 Å². The van der Waals surface area contributed by atoms with E-state index < -0.39 is 0 Å². The molecule has 1 saturated carbocycles. The van der Waals surface area contributed by atoms with Crippen molar-refractivity contribution in [2.45, 2.75) is 17.8 Å². The fraction of sp³-hybridized carbons (Fsp3) is 0.0469. The largest absolute Gasteiger partial charge is 0.460 e. The molecule has 2 atom stereocenters. The van der Waals surface area contributed by atoms with E-state index in [2.05, 4.69) is 205 Å². The van der Waals surface area contributed by atoms with Crippen LogP contribution in [0.1, 0.15) is 29.5 Å². The number of furan rings is 1. The Bertz CT molecular complexity index is 4310. The summed E-state index contributed by atoms with van der Waals surface area (Å²) in [5.74, 6) is 3.30. The van der Waals surface area contributed by atoms with Crippen LogP contribution in [0, 0.1) is 0 Å². The van der Waals surface area contributed by atoms with Crippen LogP contribution in [0.2, 0.25) is 0 Å². The highest BCUT2D eigenvalue weighted by Crippen LogP contribution is 2.65. The molecule has 4 heterocycles. The van der Waals surface area contributed by atoms with Gasteiger partial charge in [0.15, 0.2) is 11.6 Å². The van der Waals surface area contributed by atoms with Crippen molar-refractivity contribution in [1.29, 1.82) is 0 Å². The lowest BCUT2D eigenvalue weighted by Gasteiger charge is -2.17. The molecule has 0 spiro atoms. The number of benzene rings is 9. The maximum absolute atomic E-state index is 6.52. The third kappa shape index (κ3) is 6.00. The minimum absolute atomic E-state index is 0.167. The highest BCUT2D eigenvalue weighted by atomic mass is 32.1. The zero-order valence-corrected chi connectivity index (χ0v) is 38.6. The van der Waals surface area contributed by atoms with Gasteiger partial charge in [-0.3, -0.25) is 0 Å². The molecule has 328 valence electrons. The predicted octanol–water partition coefficient (Wildman–Crippen LogP) is 16.9. The summed E-state index contributed by atoms with van der Waals surface area (Å²) in [6.45, 7) is 0. The molecule has 6 heteroatoms. The summed E-state index contributed by atoms with van der Waals surface area (Å²) in [6.07, 6.45) is 5.41. The quantitative estimate of drug-likeness (QED) is 0.160. The van der Waals surface area contributed by atoms with Crippen molar-refractivity contribution in [1.82, 2.24) is 19.5 Å². The molecule has 15 rings (SSSR count). The molecule has 13 aromatic rings. The molecule has 2 aliphatic carbocycles. The smallest absolute Gasteiger partial charge is 0.163 e. The Labute approximate surface area is 407 Å². The number of hydrogen-bond donors (Lipinski definition) is 0. The molecular formula is C64H40N4OS. The molecule has 0 radical (unpaired) electrons. The van der Waals surface area contributed by atoms with Gasteiger partial charge in [0.25, 0.3) is 0 Å². The topological polar surface area (TPSA) is 56.7 Å². The Hall–Kier alpha value is -8.71. The minimum atomic E-state index is -0.358. The van der Waals surface area contributed by atoms with Crippen molar-refractivity contribution in [2.24, 2.45) is 0 Å². The van der Waals surface area contributed by atoms with E-state index in [9.17, 15) is 0 Å². The van der Waals surface area contributed by atoms with Gasteiger partial charge in [-0.2, -0.15) is 0 Å². The summed E-state index contributed by atoms with van der Waals surface area (Å²) in [5, 5.41) is 6.22. The second-order valence-electron chi connectivity index (χ2n) is 18.7. The van der Waals surface area contributed by atoms with Gasteiger partial charge in [0.1, 0.15) is 17.2 Å². The Morgan fingerprint density at radius 3 is 1.99 bits per heavy atom. The van der Waals surface area contributed by atoms with E-state index in [0.717, 1.165) is 62.4 Å². The van der Waals surface area contributed by atoms with Crippen molar-refractivity contribution < 1.29 is 4.42 Å². The van der Waals surface area contributed by atoms with Crippen molar-refractivity contribution in [3.63, 3.8) is 0 Å². The normalized spacial score (nSPS) is 16.1. The summed E-state index contributed by atoms with van der Waals surface area (Å²) >= 11 is 1.86. The third-order valence-corrected chi connectivity index (χ3v) is 15.9. The zero-order valence-electron chi connectivity index (χ0n) is 37.8. The fourth-order valence-corrected chi connectivity index (χ4v) is 12.5. The molecule has 2 aliphatic rings. The lowest BCUT2D eigenvalue weighted by atomic mass is 9.92. The summed E-state index contributed by atoms with van der Waals surface area (Å²) < 4.78 is 11.6. The van der Waals surface area contributed by atoms with E-state index in [1.165, 1.54) is 64.3 Å².